The Bertz CT molecular complexity index is 410. The number of carboxylic acids is 1. The molecule has 0 spiro atoms. The van der Waals surface area contributed by atoms with E-state index in [-0.39, 0.29) is 5.57 Å². The Morgan fingerprint density at radius 1 is 1.64 bits per heavy atom. The highest BCUT2D eigenvalue weighted by Gasteiger charge is 2.02. The molecule has 4 heteroatoms. The molecule has 0 saturated carbocycles. The van der Waals surface area contributed by atoms with Crippen molar-refractivity contribution in [1.82, 2.24) is 0 Å². The van der Waals surface area contributed by atoms with E-state index in [4.69, 9.17) is 10.4 Å². The molecule has 1 aromatic heterocycles. The molecule has 0 bridgehead atoms. The van der Waals surface area contributed by atoms with Crippen LogP contribution in [0, 0.1) is 11.3 Å². The molecule has 0 aliphatic heterocycles. The molecule has 14 heavy (non-hydrogen) atoms. The first kappa shape index (κ1) is 10.2. The van der Waals surface area contributed by atoms with Crippen molar-refractivity contribution in [3.8, 4) is 6.07 Å². The zero-order valence-electron chi connectivity index (χ0n) is 7.18. The number of carbonyl (C=O) groups is 1. The van der Waals surface area contributed by atoms with Crippen LogP contribution in [-0.2, 0) is 4.79 Å². The van der Waals surface area contributed by atoms with Gasteiger partial charge in [-0.1, -0.05) is 12.2 Å². The van der Waals surface area contributed by atoms with Gasteiger partial charge in [0.05, 0.1) is 0 Å². The fourth-order valence-electron chi connectivity index (χ4n) is 0.782. The fraction of sp³-hybridized carbons (Fsp3) is 0. The molecule has 0 saturated heterocycles. The highest BCUT2D eigenvalue weighted by atomic mass is 32.1. The molecule has 0 aromatic carbocycles. The molecule has 0 fully saturated rings. The summed E-state index contributed by atoms with van der Waals surface area (Å²) in [6, 6.07) is 3.50. The Hall–Kier alpha value is -1.86. The summed E-state index contributed by atoms with van der Waals surface area (Å²) in [5.41, 5.74) is 0.727. The molecular weight excluding hydrogens is 198 g/mol. The smallest absolute Gasteiger partial charge is 0.346 e. The minimum Gasteiger partial charge on any atom is -0.477 e. The first-order valence-electron chi connectivity index (χ1n) is 3.78. The van der Waals surface area contributed by atoms with Gasteiger partial charge >= 0.3 is 5.97 Å². The average Bonchev–Trinajstić information content (AvgIpc) is 2.64. The van der Waals surface area contributed by atoms with E-state index in [2.05, 4.69) is 0 Å². The van der Waals surface area contributed by atoms with Crippen LogP contribution in [0.1, 0.15) is 5.56 Å². The standard InChI is InChI=1S/C10H7NO2S/c11-6-9(10(12)13)3-1-2-8-4-5-14-7-8/h1-5,7H,(H,12,13)/b2-1+,9-3+. The molecule has 1 heterocycles. The summed E-state index contributed by atoms with van der Waals surface area (Å²) < 4.78 is 0. The van der Waals surface area contributed by atoms with Gasteiger partial charge in [0, 0.05) is 0 Å². The summed E-state index contributed by atoms with van der Waals surface area (Å²) in [5, 5.41) is 20.8. The molecule has 0 aliphatic carbocycles. The van der Waals surface area contributed by atoms with E-state index in [1.54, 1.807) is 29.6 Å². The maximum absolute atomic E-state index is 10.4. The monoisotopic (exact) mass is 205 g/mol. The number of nitrogens with zero attached hydrogens (tertiary/aromatic N) is 1. The van der Waals surface area contributed by atoms with Gasteiger partial charge in [-0.3, -0.25) is 0 Å². The molecule has 70 valence electrons. The quantitative estimate of drug-likeness (QED) is 0.468. The van der Waals surface area contributed by atoms with Crippen molar-refractivity contribution < 1.29 is 9.90 Å². The fourth-order valence-corrected chi connectivity index (χ4v) is 1.41. The maximum atomic E-state index is 10.4. The van der Waals surface area contributed by atoms with Crippen molar-refractivity contribution in [2.24, 2.45) is 0 Å². The van der Waals surface area contributed by atoms with Gasteiger partial charge in [0.25, 0.3) is 0 Å². The predicted octanol–water partition coefficient (Wildman–Crippen LogP) is 2.30. The number of carboxylic acid groups (broad SMARTS) is 1. The van der Waals surface area contributed by atoms with Crippen LogP contribution in [0.5, 0.6) is 0 Å². The molecule has 3 nitrogen and oxygen atoms in total. The van der Waals surface area contributed by atoms with Crippen LogP contribution in [-0.4, -0.2) is 11.1 Å². The third-order valence-corrected chi connectivity index (χ3v) is 2.15. The van der Waals surface area contributed by atoms with Gasteiger partial charge in [-0.2, -0.15) is 16.6 Å². The number of rotatable bonds is 3. The van der Waals surface area contributed by atoms with Gasteiger partial charge in [0.15, 0.2) is 0 Å². The van der Waals surface area contributed by atoms with Crippen molar-refractivity contribution in [2.45, 2.75) is 0 Å². The number of hydrogen-bond donors (Lipinski definition) is 1. The lowest BCUT2D eigenvalue weighted by Crippen LogP contribution is -1.96. The molecule has 0 radical (unpaired) electrons. The minimum absolute atomic E-state index is 0.267. The Balaban J connectivity index is 2.71. The van der Waals surface area contributed by atoms with Gasteiger partial charge in [-0.25, -0.2) is 4.79 Å². The second kappa shape index (κ2) is 5.00. The van der Waals surface area contributed by atoms with Crippen LogP contribution < -0.4 is 0 Å². The predicted molar refractivity (Wildman–Crippen MR) is 54.7 cm³/mol. The largest absolute Gasteiger partial charge is 0.477 e. The van der Waals surface area contributed by atoms with Crippen LogP contribution >= 0.6 is 11.3 Å². The van der Waals surface area contributed by atoms with E-state index >= 15 is 0 Å². The van der Waals surface area contributed by atoms with Gasteiger partial charge in [0.2, 0.25) is 0 Å². The zero-order valence-corrected chi connectivity index (χ0v) is 7.99. The minimum atomic E-state index is -1.21. The summed E-state index contributed by atoms with van der Waals surface area (Å²) >= 11 is 1.56. The van der Waals surface area contributed by atoms with E-state index in [1.165, 1.54) is 6.08 Å². The van der Waals surface area contributed by atoms with Gasteiger partial charge < -0.3 is 5.11 Å². The van der Waals surface area contributed by atoms with Crippen LogP contribution in [0.15, 0.2) is 34.6 Å². The zero-order chi connectivity index (χ0) is 10.4. The topological polar surface area (TPSA) is 61.1 Å². The number of aliphatic carboxylic acids is 1. The lowest BCUT2D eigenvalue weighted by atomic mass is 10.2. The van der Waals surface area contributed by atoms with Crippen molar-refractivity contribution in [3.63, 3.8) is 0 Å². The second-order valence-corrected chi connectivity index (χ2v) is 3.19. The van der Waals surface area contributed by atoms with Gasteiger partial charge in [-0.15, -0.1) is 0 Å². The highest BCUT2D eigenvalue weighted by Crippen LogP contribution is 2.07. The molecule has 0 atom stereocenters. The number of allylic oxidation sites excluding steroid dienone is 2. The first-order valence-corrected chi connectivity index (χ1v) is 4.72. The van der Waals surface area contributed by atoms with E-state index in [0.717, 1.165) is 5.56 Å². The molecule has 0 amide bonds. The molecule has 0 unspecified atom stereocenters. The maximum Gasteiger partial charge on any atom is 0.346 e. The van der Waals surface area contributed by atoms with E-state index in [0.29, 0.717) is 0 Å². The molecule has 1 N–H and O–H groups in total. The van der Waals surface area contributed by atoms with E-state index in [1.807, 2.05) is 16.8 Å². The van der Waals surface area contributed by atoms with Crippen LogP contribution in [0.2, 0.25) is 0 Å². The summed E-state index contributed by atoms with van der Waals surface area (Å²) in [7, 11) is 0. The first-order chi connectivity index (χ1) is 6.74. The Kier molecular flexibility index (Phi) is 3.65. The number of hydrogen-bond acceptors (Lipinski definition) is 3. The van der Waals surface area contributed by atoms with Crippen molar-refractivity contribution in [1.29, 1.82) is 5.26 Å². The van der Waals surface area contributed by atoms with E-state index in [9.17, 15) is 4.79 Å². The van der Waals surface area contributed by atoms with Crippen molar-refractivity contribution in [2.75, 3.05) is 0 Å². The Morgan fingerprint density at radius 3 is 2.93 bits per heavy atom. The summed E-state index contributed by atoms with van der Waals surface area (Å²) in [5.74, 6) is -1.21. The summed E-state index contributed by atoms with van der Waals surface area (Å²) in [4.78, 5) is 10.4. The molecule has 1 rings (SSSR count). The molecule has 0 aliphatic rings. The average molecular weight is 205 g/mol. The molecule has 1 aromatic rings. The normalized spacial score (nSPS) is 11.5. The summed E-state index contributed by atoms with van der Waals surface area (Å²) in [6.45, 7) is 0. The third-order valence-electron chi connectivity index (χ3n) is 1.45. The Labute approximate surface area is 85.2 Å². The second-order valence-electron chi connectivity index (χ2n) is 2.41. The molecular formula is C10H7NO2S. The number of thiophene rings is 1. The SMILES string of the molecule is N#C/C(=C\C=C\c1ccsc1)C(=O)O. The Morgan fingerprint density at radius 2 is 2.43 bits per heavy atom. The van der Waals surface area contributed by atoms with E-state index < -0.39 is 5.97 Å². The van der Waals surface area contributed by atoms with Crippen molar-refractivity contribution in [3.05, 3.63) is 40.1 Å². The van der Waals surface area contributed by atoms with Crippen LogP contribution in [0.4, 0.5) is 0 Å². The third kappa shape index (κ3) is 2.88. The van der Waals surface area contributed by atoms with Crippen LogP contribution in [0.25, 0.3) is 6.08 Å². The highest BCUT2D eigenvalue weighted by molar-refractivity contribution is 7.08. The van der Waals surface area contributed by atoms with Crippen LogP contribution in [0.3, 0.4) is 0 Å². The summed E-state index contributed by atoms with van der Waals surface area (Å²) in [6.07, 6.45) is 4.57. The number of nitriles is 1. The van der Waals surface area contributed by atoms with Gasteiger partial charge in [-0.05, 0) is 28.5 Å². The lowest BCUT2D eigenvalue weighted by Gasteiger charge is -1.84. The lowest BCUT2D eigenvalue weighted by molar-refractivity contribution is -0.132. The van der Waals surface area contributed by atoms with Gasteiger partial charge in [0.1, 0.15) is 11.6 Å². The van der Waals surface area contributed by atoms with Crippen molar-refractivity contribution >= 4 is 23.4 Å².